The lowest BCUT2D eigenvalue weighted by atomic mass is 9.99. The Bertz CT molecular complexity index is 263. The highest BCUT2D eigenvalue weighted by atomic mass is 16.1. The second-order valence-corrected chi connectivity index (χ2v) is 2.71. The summed E-state index contributed by atoms with van der Waals surface area (Å²) in [5.74, 6) is 0.0364. The van der Waals surface area contributed by atoms with Gasteiger partial charge in [-0.1, -0.05) is 36.5 Å². The highest BCUT2D eigenvalue weighted by Gasteiger charge is 2.19. The molecule has 1 amide bonds. The van der Waals surface area contributed by atoms with Crippen molar-refractivity contribution in [2.45, 2.75) is 6.04 Å². The lowest BCUT2D eigenvalue weighted by molar-refractivity contribution is -0.123. The van der Waals surface area contributed by atoms with Crippen molar-refractivity contribution in [1.82, 2.24) is 5.32 Å². The molecule has 3 aliphatic rings. The molecule has 0 saturated carbocycles. The molecule has 2 heteroatoms. The number of nitrogens with one attached hydrogen (secondary N) is 1. The maximum Gasteiger partial charge on any atom is 0.231 e. The zero-order chi connectivity index (χ0) is 7.68. The average molecular weight is 147 g/mol. The molecule has 2 aliphatic heterocycles. The summed E-state index contributed by atoms with van der Waals surface area (Å²) in [6.45, 7) is 0. The van der Waals surface area contributed by atoms with Crippen LogP contribution in [0.3, 0.4) is 0 Å². The number of hydrogen-bond donors (Lipinski definition) is 1. The van der Waals surface area contributed by atoms with Crippen LogP contribution in [0.2, 0.25) is 0 Å². The number of allylic oxidation sites excluding steroid dienone is 2. The van der Waals surface area contributed by atoms with Gasteiger partial charge in [0.2, 0.25) is 5.91 Å². The number of hydrogen-bond acceptors (Lipinski definition) is 1. The molecule has 0 fully saturated rings. The van der Waals surface area contributed by atoms with E-state index in [-0.39, 0.29) is 17.9 Å². The molecule has 1 aliphatic carbocycles. The molecular weight excluding hydrogens is 138 g/mol. The number of amides is 1. The largest absolute Gasteiger partial charge is 0.346 e. The van der Waals surface area contributed by atoms with Crippen LogP contribution in [0.25, 0.3) is 0 Å². The fraction of sp³-hybridized carbons (Fsp3) is 0.222. The van der Waals surface area contributed by atoms with E-state index in [0.29, 0.717) is 0 Å². The lowest BCUT2D eigenvalue weighted by Crippen LogP contribution is -2.39. The Kier molecular flexibility index (Phi) is 1.39. The van der Waals surface area contributed by atoms with E-state index in [9.17, 15) is 4.79 Å². The van der Waals surface area contributed by atoms with Gasteiger partial charge >= 0.3 is 0 Å². The second-order valence-electron chi connectivity index (χ2n) is 2.71. The summed E-state index contributed by atoms with van der Waals surface area (Å²) in [5.41, 5.74) is 0. The number of fused-ring (bicyclic) bond motifs is 2. The molecule has 2 bridgehead atoms. The SMILES string of the molecule is O=C1NC2C=CC1/C=C\C=C\2. The Morgan fingerprint density at radius 3 is 2.73 bits per heavy atom. The zero-order valence-electron chi connectivity index (χ0n) is 6.03. The van der Waals surface area contributed by atoms with Gasteiger partial charge in [0.1, 0.15) is 0 Å². The maximum absolute atomic E-state index is 11.2. The van der Waals surface area contributed by atoms with Crippen molar-refractivity contribution in [3.05, 3.63) is 36.5 Å². The van der Waals surface area contributed by atoms with Crippen molar-refractivity contribution in [3.63, 3.8) is 0 Å². The Morgan fingerprint density at radius 2 is 1.91 bits per heavy atom. The summed E-state index contributed by atoms with van der Waals surface area (Å²) in [7, 11) is 0. The summed E-state index contributed by atoms with van der Waals surface area (Å²) < 4.78 is 0. The van der Waals surface area contributed by atoms with E-state index in [4.69, 9.17) is 0 Å². The Morgan fingerprint density at radius 1 is 1.09 bits per heavy atom. The van der Waals surface area contributed by atoms with Crippen LogP contribution in [0.15, 0.2) is 36.5 Å². The minimum absolute atomic E-state index is 0.0591. The maximum atomic E-state index is 11.2. The van der Waals surface area contributed by atoms with Gasteiger partial charge in [-0.3, -0.25) is 4.79 Å². The first-order chi connectivity index (χ1) is 5.36. The number of rotatable bonds is 0. The molecule has 11 heavy (non-hydrogen) atoms. The minimum atomic E-state index is -0.0591. The van der Waals surface area contributed by atoms with Gasteiger partial charge in [-0.25, -0.2) is 0 Å². The molecule has 2 nitrogen and oxygen atoms in total. The van der Waals surface area contributed by atoms with E-state index < -0.39 is 0 Å². The fourth-order valence-electron chi connectivity index (χ4n) is 1.27. The van der Waals surface area contributed by atoms with Gasteiger partial charge in [-0.2, -0.15) is 0 Å². The molecule has 0 spiro atoms. The Labute approximate surface area is 65.3 Å². The van der Waals surface area contributed by atoms with Gasteiger partial charge in [-0.05, 0) is 0 Å². The van der Waals surface area contributed by atoms with Crippen molar-refractivity contribution in [2.24, 2.45) is 5.92 Å². The van der Waals surface area contributed by atoms with Crippen LogP contribution in [-0.2, 0) is 4.79 Å². The molecule has 0 aromatic heterocycles. The predicted octanol–water partition coefficient (Wildman–Crippen LogP) is 0.783. The smallest absolute Gasteiger partial charge is 0.231 e. The van der Waals surface area contributed by atoms with E-state index in [1.807, 2.05) is 36.5 Å². The molecular formula is C9H9NO. The van der Waals surface area contributed by atoms with Crippen molar-refractivity contribution >= 4 is 5.91 Å². The first-order valence-electron chi connectivity index (χ1n) is 3.70. The second kappa shape index (κ2) is 2.38. The monoisotopic (exact) mass is 147 g/mol. The summed E-state index contributed by atoms with van der Waals surface area (Å²) >= 11 is 0. The van der Waals surface area contributed by atoms with Crippen LogP contribution in [-0.4, -0.2) is 11.9 Å². The van der Waals surface area contributed by atoms with Crippen LogP contribution in [0, 0.1) is 5.92 Å². The summed E-state index contributed by atoms with van der Waals surface area (Å²) in [4.78, 5) is 11.2. The van der Waals surface area contributed by atoms with Gasteiger partial charge in [0.25, 0.3) is 0 Å². The molecule has 0 saturated heterocycles. The predicted molar refractivity (Wildman–Crippen MR) is 42.8 cm³/mol. The van der Waals surface area contributed by atoms with Crippen LogP contribution < -0.4 is 5.32 Å². The van der Waals surface area contributed by atoms with Crippen molar-refractivity contribution in [1.29, 1.82) is 0 Å². The lowest BCUT2D eigenvalue weighted by Gasteiger charge is -2.20. The Balaban J connectivity index is 2.38. The molecule has 3 rings (SSSR count). The highest BCUT2D eigenvalue weighted by Crippen LogP contribution is 2.12. The van der Waals surface area contributed by atoms with Crippen molar-refractivity contribution < 1.29 is 4.79 Å². The molecule has 56 valence electrons. The quantitative estimate of drug-likeness (QED) is 0.504. The van der Waals surface area contributed by atoms with Gasteiger partial charge in [0, 0.05) is 0 Å². The van der Waals surface area contributed by atoms with Gasteiger partial charge in [0.15, 0.2) is 0 Å². The van der Waals surface area contributed by atoms with Gasteiger partial charge in [-0.15, -0.1) is 0 Å². The van der Waals surface area contributed by atoms with Crippen molar-refractivity contribution in [3.8, 4) is 0 Å². The summed E-state index contributed by atoms with van der Waals surface area (Å²) in [6.07, 6.45) is 11.7. The first-order valence-corrected chi connectivity index (χ1v) is 3.70. The van der Waals surface area contributed by atoms with Crippen LogP contribution in [0.1, 0.15) is 0 Å². The third-order valence-electron chi connectivity index (χ3n) is 1.89. The minimum Gasteiger partial charge on any atom is -0.346 e. The normalized spacial score (nSPS) is 39.1. The zero-order valence-corrected chi connectivity index (χ0v) is 6.03. The molecule has 2 unspecified atom stereocenters. The van der Waals surface area contributed by atoms with E-state index in [0.717, 1.165) is 0 Å². The third-order valence-corrected chi connectivity index (χ3v) is 1.89. The van der Waals surface area contributed by atoms with Crippen LogP contribution in [0.4, 0.5) is 0 Å². The number of carbonyl (C=O) groups excluding carboxylic acids is 1. The van der Waals surface area contributed by atoms with E-state index in [1.54, 1.807) is 0 Å². The molecule has 2 atom stereocenters. The molecule has 0 aromatic rings. The summed E-state index contributed by atoms with van der Waals surface area (Å²) in [5, 5.41) is 2.85. The molecule has 0 aromatic carbocycles. The standard InChI is InChI=1S/C9H9NO/c11-9-7-3-1-2-4-8(10-9)6-5-7/h1-8H,(H,10,11)/b3-1-,4-2+. The average Bonchev–Trinajstić information content (AvgIpc) is 1.92. The molecule has 1 N–H and O–H groups in total. The van der Waals surface area contributed by atoms with E-state index in [1.165, 1.54) is 0 Å². The number of carbonyl (C=O) groups is 1. The topological polar surface area (TPSA) is 29.1 Å². The van der Waals surface area contributed by atoms with Gasteiger partial charge < -0.3 is 5.32 Å². The molecule has 0 radical (unpaired) electrons. The summed E-state index contributed by atoms with van der Waals surface area (Å²) in [6, 6.07) is 0.101. The van der Waals surface area contributed by atoms with Crippen LogP contribution in [0.5, 0.6) is 0 Å². The Hall–Kier alpha value is -1.31. The van der Waals surface area contributed by atoms with E-state index >= 15 is 0 Å². The fourth-order valence-corrected chi connectivity index (χ4v) is 1.27. The first kappa shape index (κ1) is 6.40. The van der Waals surface area contributed by atoms with Crippen LogP contribution >= 0.6 is 0 Å². The highest BCUT2D eigenvalue weighted by molar-refractivity contribution is 5.84. The van der Waals surface area contributed by atoms with E-state index in [2.05, 4.69) is 5.32 Å². The van der Waals surface area contributed by atoms with Crippen molar-refractivity contribution in [2.75, 3.05) is 0 Å². The molecule has 2 heterocycles. The third kappa shape index (κ3) is 1.11. The van der Waals surface area contributed by atoms with Gasteiger partial charge in [0.05, 0.1) is 12.0 Å².